The number of hydrogen-bond donors (Lipinski definition) is 2. The van der Waals surface area contributed by atoms with Gasteiger partial charge in [-0.05, 0) is 25.1 Å². The van der Waals surface area contributed by atoms with Crippen molar-refractivity contribution in [1.82, 2.24) is 4.98 Å². The molecule has 0 aliphatic heterocycles. The third-order valence-electron chi connectivity index (χ3n) is 2.36. The molecule has 1 aromatic carbocycles. The molecule has 0 radical (unpaired) electrons. The lowest BCUT2D eigenvalue weighted by Crippen LogP contribution is -1.97. The first-order valence-corrected chi connectivity index (χ1v) is 4.44. The number of H-pyrrole nitrogens is 1. The summed E-state index contributed by atoms with van der Waals surface area (Å²) in [5.41, 5.74) is 2.04. The molecule has 0 fully saturated rings. The number of hydrogen-bond acceptors (Lipinski definition) is 2. The number of carboxylic acids is 1. The number of aryl methyl sites for hydroxylation is 1. The molecule has 1 heterocycles. The third-order valence-corrected chi connectivity index (χ3v) is 2.36. The van der Waals surface area contributed by atoms with E-state index in [4.69, 9.17) is 5.11 Å². The van der Waals surface area contributed by atoms with E-state index in [2.05, 4.69) is 4.98 Å². The highest BCUT2D eigenvalue weighted by Gasteiger charge is 2.14. The van der Waals surface area contributed by atoms with Crippen LogP contribution in [0.15, 0.2) is 18.2 Å². The molecule has 2 N–H and O–H groups in total. The van der Waals surface area contributed by atoms with Gasteiger partial charge in [0, 0.05) is 22.2 Å². The number of aldehydes is 1. The second kappa shape index (κ2) is 3.24. The maximum absolute atomic E-state index is 11.0. The van der Waals surface area contributed by atoms with Crippen molar-refractivity contribution in [2.45, 2.75) is 6.92 Å². The van der Waals surface area contributed by atoms with Gasteiger partial charge in [0.05, 0.1) is 5.56 Å². The van der Waals surface area contributed by atoms with Crippen LogP contribution in [-0.2, 0) is 0 Å². The fraction of sp³-hybridized carbons (Fsp3) is 0.0909. The number of aromatic amines is 1. The number of rotatable bonds is 2. The summed E-state index contributed by atoms with van der Waals surface area (Å²) >= 11 is 0. The van der Waals surface area contributed by atoms with Crippen molar-refractivity contribution in [2.24, 2.45) is 0 Å². The van der Waals surface area contributed by atoms with E-state index in [-0.39, 0.29) is 5.56 Å². The van der Waals surface area contributed by atoms with Gasteiger partial charge in [-0.2, -0.15) is 0 Å². The van der Waals surface area contributed by atoms with Crippen LogP contribution in [0.1, 0.15) is 26.4 Å². The SMILES string of the molecule is Cc1[nH]c2ccc(C=O)cc2c1C(=O)O. The third kappa shape index (κ3) is 1.40. The highest BCUT2D eigenvalue weighted by Crippen LogP contribution is 2.22. The first kappa shape index (κ1) is 9.45. The lowest BCUT2D eigenvalue weighted by molar-refractivity contribution is 0.0698. The van der Waals surface area contributed by atoms with Gasteiger partial charge in [-0.1, -0.05) is 0 Å². The van der Waals surface area contributed by atoms with Crippen molar-refractivity contribution in [3.05, 3.63) is 35.0 Å². The number of carbonyl (C=O) groups excluding carboxylic acids is 1. The Hall–Kier alpha value is -2.10. The maximum atomic E-state index is 11.0. The molecule has 0 aliphatic carbocycles. The number of aromatic carboxylic acids is 1. The number of carbonyl (C=O) groups is 2. The number of nitrogens with one attached hydrogen (secondary N) is 1. The van der Waals surface area contributed by atoms with E-state index >= 15 is 0 Å². The van der Waals surface area contributed by atoms with Crippen molar-refractivity contribution in [2.75, 3.05) is 0 Å². The summed E-state index contributed by atoms with van der Waals surface area (Å²) in [7, 11) is 0. The Bertz CT molecular complexity index is 554. The molecule has 4 nitrogen and oxygen atoms in total. The molecule has 0 atom stereocenters. The monoisotopic (exact) mass is 203 g/mol. The lowest BCUT2D eigenvalue weighted by atomic mass is 10.1. The Morgan fingerprint density at radius 1 is 1.47 bits per heavy atom. The Kier molecular flexibility index (Phi) is 2.04. The van der Waals surface area contributed by atoms with E-state index in [0.29, 0.717) is 22.9 Å². The molecule has 0 saturated carbocycles. The van der Waals surface area contributed by atoms with Gasteiger partial charge in [0.15, 0.2) is 0 Å². The quantitative estimate of drug-likeness (QED) is 0.733. The van der Waals surface area contributed by atoms with Gasteiger partial charge in [-0.25, -0.2) is 4.79 Å². The van der Waals surface area contributed by atoms with Crippen LogP contribution in [0.3, 0.4) is 0 Å². The van der Waals surface area contributed by atoms with Crippen LogP contribution < -0.4 is 0 Å². The molecule has 0 bridgehead atoms. The molecule has 0 unspecified atom stereocenters. The maximum Gasteiger partial charge on any atom is 0.338 e. The zero-order valence-electron chi connectivity index (χ0n) is 8.07. The normalized spacial score (nSPS) is 10.5. The molecule has 4 heteroatoms. The first-order valence-electron chi connectivity index (χ1n) is 4.44. The van der Waals surface area contributed by atoms with Crippen LogP contribution in [0.4, 0.5) is 0 Å². The zero-order chi connectivity index (χ0) is 11.0. The molecule has 0 aliphatic rings. The highest BCUT2D eigenvalue weighted by atomic mass is 16.4. The van der Waals surface area contributed by atoms with E-state index < -0.39 is 5.97 Å². The number of aromatic nitrogens is 1. The molecule has 0 amide bonds. The van der Waals surface area contributed by atoms with Crippen LogP contribution in [0.2, 0.25) is 0 Å². The Balaban J connectivity index is 2.83. The predicted octanol–water partition coefficient (Wildman–Crippen LogP) is 1.99. The van der Waals surface area contributed by atoms with E-state index in [0.717, 1.165) is 5.52 Å². The van der Waals surface area contributed by atoms with Gasteiger partial charge in [0.2, 0.25) is 0 Å². The van der Waals surface area contributed by atoms with E-state index in [1.165, 1.54) is 0 Å². The molecule has 0 spiro atoms. The summed E-state index contributed by atoms with van der Waals surface area (Å²) in [5.74, 6) is -0.984. The van der Waals surface area contributed by atoms with Gasteiger partial charge in [-0.3, -0.25) is 4.79 Å². The number of carboxylic acid groups (broad SMARTS) is 1. The average Bonchev–Trinajstić information content (AvgIpc) is 2.52. The Labute approximate surface area is 85.5 Å². The van der Waals surface area contributed by atoms with Crippen molar-refractivity contribution < 1.29 is 14.7 Å². The van der Waals surface area contributed by atoms with Crippen LogP contribution in [0.5, 0.6) is 0 Å². The van der Waals surface area contributed by atoms with Crippen LogP contribution >= 0.6 is 0 Å². The second-order valence-corrected chi connectivity index (χ2v) is 3.35. The molecular weight excluding hydrogens is 194 g/mol. The molecule has 0 saturated heterocycles. The van der Waals surface area contributed by atoms with Gasteiger partial charge >= 0.3 is 5.97 Å². The van der Waals surface area contributed by atoms with Crippen LogP contribution in [0.25, 0.3) is 10.9 Å². The minimum absolute atomic E-state index is 0.230. The van der Waals surface area contributed by atoms with E-state index in [1.807, 2.05) is 0 Å². The minimum atomic E-state index is -0.984. The summed E-state index contributed by atoms with van der Waals surface area (Å²) in [6, 6.07) is 4.94. The Morgan fingerprint density at radius 2 is 2.20 bits per heavy atom. The summed E-state index contributed by atoms with van der Waals surface area (Å²) in [6.45, 7) is 1.70. The zero-order valence-corrected chi connectivity index (χ0v) is 8.07. The van der Waals surface area contributed by atoms with Crippen molar-refractivity contribution in [3.8, 4) is 0 Å². The van der Waals surface area contributed by atoms with Gasteiger partial charge < -0.3 is 10.1 Å². The lowest BCUT2D eigenvalue weighted by Gasteiger charge is -1.94. The van der Waals surface area contributed by atoms with Gasteiger partial charge in [0.1, 0.15) is 6.29 Å². The minimum Gasteiger partial charge on any atom is -0.478 e. The molecular formula is C11H9NO3. The average molecular weight is 203 g/mol. The fourth-order valence-electron chi connectivity index (χ4n) is 1.69. The van der Waals surface area contributed by atoms with Gasteiger partial charge in [-0.15, -0.1) is 0 Å². The van der Waals surface area contributed by atoms with Gasteiger partial charge in [0.25, 0.3) is 0 Å². The summed E-state index contributed by atoms with van der Waals surface area (Å²) in [6.07, 6.45) is 0.702. The second-order valence-electron chi connectivity index (χ2n) is 3.35. The summed E-state index contributed by atoms with van der Waals surface area (Å²) < 4.78 is 0. The van der Waals surface area contributed by atoms with Crippen molar-refractivity contribution in [1.29, 1.82) is 0 Å². The largest absolute Gasteiger partial charge is 0.478 e. The van der Waals surface area contributed by atoms with E-state index in [9.17, 15) is 9.59 Å². The highest BCUT2D eigenvalue weighted by molar-refractivity contribution is 6.05. The van der Waals surface area contributed by atoms with Crippen molar-refractivity contribution >= 4 is 23.2 Å². The van der Waals surface area contributed by atoms with Crippen LogP contribution in [-0.4, -0.2) is 22.3 Å². The number of fused-ring (bicyclic) bond motifs is 1. The fourth-order valence-corrected chi connectivity index (χ4v) is 1.69. The molecule has 2 rings (SSSR count). The topological polar surface area (TPSA) is 70.2 Å². The smallest absolute Gasteiger partial charge is 0.338 e. The Morgan fingerprint density at radius 3 is 2.80 bits per heavy atom. The predicted molar refractivity (Wildman–Crippen MR) is 55.4 cm³/mol. The summed E-state index contributed by atoms with van der Waals surface area (Å²) in [4.78, 5) is 24.5. The molecule has 15 heavy (non-hydrogen) atoms. The molecule has 1 aromatic heterocycles. The standard InChI is InChI=1S/C11H9NO3/c1-6-10(11(14)15)8-4-7(5-13)2-3-9(8)12-6/h2-5,12H,1H3,(H,14,15). The summed E-state index contributed by atoms with van der Waals surface area (Å²) in [5, 5.41) is 9.58. The molecule has 2 aromatic rings. The first-order chi connectivity index (χ1) is 7.13. The molecule has 76 valence electrons. The van der Waals surface area contributed by atoms with Crippen molar-refractivity contribution in [3.63, 3.8) is 0 Å². The van der Waals surface area contributed by atoms with Crippen LogP contribution in [0, 0.1) is 6.92 Å². The van der Waals surface area contributed by atoms with E-state index in [1.54, 1.807) is 25.1 Å². The number of benzene rings is 1.